The molecule has 6 nitrogen and oxygen atoms in total. The van der Waals surface area contributed by atoms with Crippen molar-refractivity contribution in [2.75, 3.05) is 39.6 Å². The molecule has 0 saturated heterocycles. The van der Waals surface area contributed by atoms with E-state index in [2.05, 4.69) is 26.5 Å². The molecule has 2 aromatic rings. The van der Waals surface area contributed by atoms with Crippen molar-refractivity contribution in [2.24, 2.45) is 0 Å². The van der Waals surface area contributed by atoms with E-state index in [1.165, 1.54) is 0 Å². The lowest BCUT2D eigenvalue weighted by Gasteiger charge is -2.17. The van der Waals surface area contributed by atoms with Crippen LogP contribution in [0.5, 0.6) is 0 Å². The van der Waals surface area contributed by atoms with E-state index in [1.807, 2.05) is 24.7 Å². The molecule has 0 bridgehead atoms. The first-order chi connectivity index (χ1) is 9.72. The van der Waals surface area contributed by atoms with Gasteiger partial charge in [-0.2, -0.15) is 0 Å². The largest absolute Gasteiger partial charge is 0.383 e. The van der Waals surface area contributed by atoms with E-state index >= 15 is 0 Å². The minimum absolute atomic E-state index is 0.530. The van der Waals surface area contributed by atoms with E-state index < -0.39 is 0 Å². The standard InChI is InChI=1S/C14H21N5O/c1-18(8-9-20-2)6-7-19-11-16-10-13(19)12-4-3-5-17-14(12)15/h3-5,10-11H,6-9H2,1-2H3,(H2,15,17). The number of nitrogens with two attached hydrogens (primary N) is 1. The molecule has 2 rings (SSSR count). The third-order valence-corrected chi connectivity index (χ3v) is 3.23. The van der Waals surface area contributed by atoms with Crippen LogP contribution >= 0.6 is 0 Å². The van der Waals surface area contributed by atoms with Crippen molar-refractivity contribution in [3.8, 4) is 11.3 Å². The third-order valence-electron chi connectivity index (χ3n) is 3.23. The predicted octanol–water partition coefficient (Wildman–Crippen LogP) is 1.11. The second kappa shape index (κ2) is 7.02. The van der Waals surface area contributed by atoms with Crippen LogP contribution in [-0.2, 0) is 11.3 Å². The first-order valence-electron chi connectivity index (χ1n) is 6.61. The summed E-state index contributed by atoms with van der Waals surface area (Å²) in [6.07, 6.45) is 5.34. The molecule has 0 radical (unpaired) electrons. The number of anilines is 1. The van der Waals surface area contributed by atoms with Gasteiger partial charge in [-0.25, -0.2) is 9.97 Å². The number of nitrogen functional groups attached to an aromatic ring is 1. The van der Waals surface area contributed by atoms with Crippen molar-refractivity contribution in [3.63, 3.8) is 0 Å². The smallest absolute Gasteiger partial charge is 0.132 e. The number of ether oxygens (including phenoxy) is 1. The van der Waals surface area contributed by atoms with Crippen molar-refractivity contribution in [1.29, 1.82) is 0 Å². The SMILES string of the molecule is COCCN(C)CCn1cncc1-c1cccnc1N. The second-order valence-electron chi connectivity index (χ2n) is 4.70. The minimum Gasteiger partial charge on any atom is -0.383 e. The number of hydrogen-bond acceptors (Lipinski definition) is 5. The van der Waals surface area contributed by atoms with Gasteiger partial charge in [-0.15, -0.1) is 0 Å². The van der Waals surface area contributed by atoms with Crippen molar-refractivity contribution >= 4 is 5.82 Å². The Hall–Kier alpha value is -1.92. The van der Waals surface area contributed by atoms with Gasteiger partial charge in [-0.05, 0) is 19.2 Å². The van der Waals surface area contributed by atoms with Crippen LogP contribution in [0.2, 0.25) is 0 Å². The summed E-state index contributed by atoms with van der Waals surface area (Å²) in [6.45, 7) is 3.43. The molecule has 0 aliphatic rings. The highest BCUT2D eigenvalue weighted by Crippen LogP contribution is 2.23. The Balaban J connectivity index is 2.04. The van der Waals surface area contributed by atoms with E-state index in [1.54, 1.807) is 13.3 Å². The Kier molecular flexibility index (Phi) is 5.09. The average Bonchev–Trinajstić information content (AvgIpc) is 2.91. The van der Waals surface area contributed by atoms with Gasteiger partial charge in [0, 0.05) is 38.5 Å². The van der Waals surface area contributed by atoms with Gasteiger partial charge in [-0.3, -0.25) is 0 Å². The van der Waals surface area contributed by atoms with Crippen LogP contribution < -0.4 is 5.73 Å². The van der Waals surface area contributed by atoms with Gasteiger partial charge < -0.3 is 19.9 Å². The number of aromatic nitrogens is 3. The van der Waals surface area contributed by atoms with Crippen LogP contribution in [0.1, 0.15) is 0 Å². The molecular weight excluding hydrogens is 254 g/mol. The van der Waals surface area contributed by atoms with Gasteiger partial charge in [0.1, 0.15) is 5.82 Å². The predicted molar refractivity (Wildman–Crippen MR) is 79.2 cm³/mol. The first kappa shape index (κ1) is 14.5. The molecule has 0 amide bonds. The van der Waals surface area contributed by atoms with Crippen molar-refractivity contribution < 1.29 is 4.74 Å². The molecule has 20 heavy (non-hydrogen) atoms. The highest BCUT2D eigenvalue weighted by Gasteiger charge is 2.09. The molecule has 0 saturated carbocycles. The molecular formula is C14H21N5O. The van der Waals surface area contributed by atoms with Gasteiger partial charge in [0.2, 0.25) is 0 Å². The summed E-state index contributed by atoms with van der Waals surface area (Å²) in [7, 11) is 3.79. The first-order valence-corrected chi connectivity index (χ1v) is 6.61. The molecule has 0 aliphatic carbocycles. The zero-order valence-corrected chi connectivity index (χ0v) is 12.0. The molecule has 0 spiro atoms. The van der Waals surface area contributed by atoms with Crippen LogP contribution in [0.15, 0.2) is 30.9 Å². The van der Waals surface area contributed by atoms with Crippen LogP contribution in [0.25, 0.3) is 11.3 Å². The zero-order chi connectivity index (χ0) is 14.4. The summed E-state index contributed by atoms with van der Waals surface area (Å²) >= 11 is 0. The normalized spacial score (nSPS) is 11.2. The maximum absolute atomic E-state index is 5.92. The quantitative estimate of drug-likeness (QED) is 0.819. The Bertz CT molecular complexity index is 540. The van der Waals surface area contributed by atoms with E-state index in [9.17, 15) is 0 Å². The van der Waals surface area contributed by atoms with E-state index in [-0.39, 0.29) is 0 Å². The summed E-state index contributed by atoms with van der Waals surface area (Å²) < 4.78 is 7.17. The Morgan fingerprint density at radius 2 is 2.25 bits per heavy atom. The molecule has 0 unspecified atom stereocenters. The van der Waals surface area contributed by atoms with Gasteiger partial charge in [0.15, 0.2) is 0 Å². The average molecular weight is 275 g/mol. The van der Waals surface area contributed by atoms with Gasteiger partial charge in [-0.1, -0.05) is 0 Å². The van der Waals surface area contributed by atoms with Crippen molar-refractivity contribution in [1.82, 2.24) is 19.4 Å². The summed E-state index contributed by atoms with van der Waals surface area (Å²) in [5.74, 6) is 0.530. The summed E-state index contributed by atoms with van der Waals surface area (Å²) in [5.41, 5.74) is 7.84. The molecule has 0 atom stereocenters. The number of pyridine rings is 1. The molecule has 2 heterocycles. The number of nitrogens with zero attached hydrogens (tertiary/aromatic N) is 4. The van der Waals surface area contributed by atoms with Gasteiger partial charge in [0.05, 0.1) is 24.8 Å². The monoisotopic (exact) mass is 275 g/mol. The number of likely N-dealkylation sites (N-methyl/N-ethyl adjacent to an activating group) is 1. The molecule has 108 valence electrons. The fraction of sp³-hybridized carbons (Fsp3) is 0.429. The maximum Gasteiger partial charge on any atom is 0.132 e. The summed E-state index contributed by atoms with van der Waals surface area (Å²) in [4.78, 5) is 10.6. The fourth-order valence-corrected chi connectivity index (χ4v) is 1.99. The molecule has 2 N–H and O–H groups in total. The van der Waals surface area contributed by atoms with Crippen LogP contribution in [0, 0.1) is 0 Å². The lowest BCUT2D eigenvalue weighted by molar-refractivity contribution is 0.159. The number of rotatable bonds is 7. The second-order valence-corrected chi connectivity index (χ2v) is 4.70. The molecule has 6 heteroatoms. The molecule has 0 fully saturated rings. The van der Waals surface area contributed by atoms with Crippen LogP contribution in [-0.4, -0.2) is 53.3 Å². The Morgan fingerprint density at radius 3 is 3.00 bits per heavy atom. The van der Waals surface area contributed by atoms with E-state index in [0.717, 1.165) is 37.5 Å². The lowest BCUT2D eigenvalue weighted by atomic mass is 10.2. The van der Waals surface area contributed by atoms with Crippen molar-refractivity contribution in [2.45, 2.75) is 6.54 Å². The number of hydrogen-bond donors (Lipinski definition) is 1. The van der Waals surface area contributed by atoms with Crippen molar-refractivity contribution in [3.05, 3.63) is 30.9 Å². The number of imidazole rings is 1. The summed E-state index contributed by atoms with van der Waals surface area (Å²) in [6, 6.07) is 3.85. The fourth-order valence-electron chi connectivity index (χ4n) is 1.99. The third kappa shape index (κ3) is 3.55. The molecule has 0 aromatic carbocycles. The van der Waals surface area contributed by atoms with E-state index in [0.29, 0.717) is 5.82 Å². The lowest BCUT2D eigenvalue weighted by Crippen LogP contribution is -2.26. The Labute approximate surface area is 119 Å². The molecule has 2 aromatic heterocycles. The number of methoxy groups -OCH3 is 1. The van der Waals surface area contributed by atoms with Gasteiger partial charge in [0.25, 0.3) is 0 Å². The minimum atomic E-state index is 0.530. The Morgan fingerprint density at radius 1 is 1.40 bits per heavy atom. The zero-order valence-electron chi connectivity index (χ0n) is 12.0. The van der Waals surface area contributed by atoms with Crippen LogP contribution in [0.3, 0.4) is 0 Å². The topological polar surface area (TPSA) is 69.2 Å². The summed E-state index contributed by atoms with van der Waals surface area (Å²) in [5, 5.41) is 0. The van der Waals surface area contributed by atoms with Crippen LogP contribution in [0.4, 0.5) is 5.82 Å². The highest BCUT2D eigenvalue weighted by molar-refractivity contribution is 5.70. The highest BCUT2D eigenvalue weighted by atomic mass is 16.5. The van der Waals surface area contributed by atoms with E-state index in [4.69, 9.17) is 10.5 Å². The molecule has 0 aliphatic heterocycles. The maximum atomic E-state index is 5.92. The van der Waals surface area contributed by atoms with Gasteiger partial charge >= 0.3 is 0 Å².